The van der Waals surface area contributed by atoms with E-state index in [-0.39, 0.29) is 0 Å². The zero-order valence-corrected chi connectivity index (χ0v) is 4.13. The third-order valence-electron chi connectivity index (χ3n) is 0.435. The van der Waals surface area contributed by atoms with Gasteiger partial charge in [-0.3, -0.25) is 0 Å². The van der Waals surface area contributed by atoms with Crippen LogP contribution in [0.1, 0.15) is 0 Å². The molecule has 0 saturated carbocycles. The monoisotopic (exact) mass is 120 g/mol. The van der Waals surface area contributed by atoms with Crippen LogP contribution < -0.4 is 11.3 Å². The van der Waals surface area contributed by atoms with E-state index < -0.39 is 19.9 Å². The fourth-order valence-corrected chi connectivity index (χ4v) is 0.540. The molecule has 0 unspecified atom stereocenters. The minimum atomic E-state index is -0.890. The van der Waals surface area contributed by atoms with Gasteiger partial charge in [-0.1, -0.05) is 0 Å². The van der Waals surface area contributed by atoms with Crippen molar-refractivity contribution >= 4 is 8.67 Å². The summed E-state index contributed by atoms with van der Waals surface area (Å²) in [4.78, 5) is 19.8. The molecular weight excluding hydrogens is 119 g/mol. The molecule has 0 aliphatic heterocycles. The summed E-state index contributed by atoms with van der Waals surface area (Å²) in [6.07, 6.45) is 0. The normalized spacial score (nSPS) is 9.14. The molecule has 0 aromatic carbocycles. The van der Waals surface area contributed by atoms with Gasteiger partial charge >= 0.3 is 11.3 Å². The SMILES string of the molecule is O=c1o[pH]oc1=O. The maximum Gasteiger partial charge on any atom is 0.427 e. The van der Waals surface area contributed by atoms with Gasteiger partial charge in [0, 0.05) is 0 Å². The molecule has 38 valence electrons. The molecule has 0 radical (unpaired) electrons. The molecule has 0 fully saturated rings. The van der Waals surface area contributed by atoms with E-state index >= 15 is 0 Å². The van der Waals surface area contributed by atoms with Gasteiger partial charge in [0.05, 0.1) is 0 Å². The predicted molar refractivity (Wildman–Crippen MR) is 23.0 cm³/mol. The molecule has 0 bridgehead atoms. The van der Waals surface area contributed by atoms with Gasteiger partial charge < -0.3 is 8.39 Å². The standard InChI is InChI=1S/C2HO4P/c3-1-2(4)6-7-5-1/h7H. The topological polar surface area (TPSA) is 60.4 Å². The molecule has 1 rings (SSSR count). The van der Waals surface area contributed by atoms with Crippen molar-refractivity contribution in [2.45, 2.75) is 0 Å². The highest BCUT2D eigenvalue weighted by molar-refractivity contribution is 7.15. The van der Waals surface area contributed by atoms with E-state index in [1.54, 1.807) is 0 Å². The molecule has 0 aliphatic rings. The average molecular weight is 120 g/mol. The number of hydrogen-bond donors (Lipinski definition) is 0. The third kappa shape index (κ3) is 0.644. The smallest absolute Gasteiger partial charge is 0.379 e. The van der Waals surface area contributed by atoms with Crippen LogP contribution in [-0.4, -0.2) is 0 Å². The molecule has 0 atom stereocenters. The fraction of sp³-hybridized carbons (Fsp3) is 0. The second kappa shape index (κ2) is 1.39. The first-order valence-corrected chi connectivity index (χ1v) is 2.29. The van der Waals surface area contributed by atoms with Crippen LogP contribution in [0.25, 0.3) is 0 Å². The first-order valence-electron chi connectivity index (χ1n) is 1.47. The molecule has 1 aromatic rings. The first kappa shape index (κ1) is 4.40. The van der Waals surface area contributed by atoms with Gasteiger partial charge in [0.25, 0.3) is 0 Å². The Hall–Kier alpha value is -0.760. The van der Waals surface area contributed by atoms with Crippen molar-refractivity contribution in [2.75, 3.05) is 0 Å². The van der Waals surface area contributed by atoms with Crippen molar-refractivity contribution in [1.82, 2.24) is 0 Å². The molecule has 1 aromatic heterocycles. The van der Waals surface area contributed by atoms with Crippen molar-refractivity contribution in [1.29, 1.82) is 0 Å². The molecule has 0 saturated heterocycles. The Bertz CT molecular complexity index is 214. The zero-order valence-electron chi connectivity index (χ0n) is 3.13. The van der Waals surface area contributed by atoms with Crippen molar-refractivity contribution in [3.63, 3.8) is 0 Å². The van der Waals surface area contributed by atoms with Crippen molar-refractivity contribution in [3.8, 4) is 0 Å². The van der Waals surface area contributed by atoms with E-state index in [2.05, 4.69) is 8.39 Å². The Morgan fingerprint density at radius 3 is 1.71 bits per heavy atom. The van der Waals surface area contributed by atoms with Crippen LogP contribution in [0.2, 0.25) is 0 Å². The van der Waals surface area contributed by atoms with Crippen LogP contribution in [0.15, 0.2) is 18.0 Å². The van der Waals surface area contributed by atoms with Gasteiger partial charge in [0.1, 0.15) is 0 Å². The Balaban J connectivity index is 3.71. The van der Waals surface area contributed by atoms with Gasteiger partial charge in [-0.05, 0) is 0 Å². The van der Waals surface area contributed by atoms with Gasteiger partial charge in [0.15, 0.2) is 0 Å². The van der Waals surface area contributed by atoms with Crippen LogP contribution in [0.5, 0.6) is 0 Å². The summed E-state index contributed by atoms with van der Waals surface area (Å²) in [5.74, 6) is 0. The highest BCUT2D eigenvalue weighted by atomic mass is 31.1. The maximum absolute atomic E-state index is 9.88. The maximum atomic E-state index is 9.88. The Morgan fingerprint density at radius 1 is 1.14 bits per heavy atom. The third-order valence-corrected chi connectivity index (χ3v) is 0.973. The quantitative estimate of drug-likeness (QED) is 0.438. The van der Waals surface area contributed by atoms with E-state index in [9.17, 15) is 9.59 Å². The molecule has 4 nitrogen and oxygen atoms in total. The largest absolute Gasteiger partial charge is 0.427 e. The van der Waals surface area contributed by atoms with Crippen molar-refractivity contribution in [2.24, 2.45) is 0 Å². The Labute approximate surface area is 39.0 Å². The van der Waals surface area contributed by atoms with Gasteiger partial charge in [-0.2, -0.15) is 0 Å². The second-order valence-corrected chi connectivity index (χ2v) is 1.44. The van der Waals surface area contributed by atoms with Gasteiger partial charge in [-0.15, -0.1) is 0 Å². The summed E-state index contributed by atoms with van der Waals surface area (Å²) in [6.45, 7) is 0. The van der Waals surface area contributed by atoms with E-state index in [0.29, 0.717) is 0 Å². The lowest BCUT2D eigenvalue weighted by Crippen LogP contribution is -2.14. The van der Waals surface area contributed by atoms with Crippen LogP contribution >= 0.6 is 8.67 Å². The fourth-order valence-electron chi connectivity index (χ4n) is 0.180. The van der Waals surface area contributed by atoms with E-state index in [1.165, 1.54) is 0 Å². The molecular formula is C2HO4P. The Kier molecular flexibility index (Phi) is 0.872. The highest BCUT2D eigenvalue weighted by Gasteiger charge is 1.92. The second-order valence-electron chi connectivity index (χ2n) is 0.862. The molecule has 1 heterocycles. The molecule has 0 N–H and O–H groups in total. The summed E-state index contributed by atoms with van der Waals surface area (Å²) in [6, 6.07) is 0. The minimum absolute atomic E-state index is 0.430. The van der Waals surface area contributed by atoms with E-state index in [0.717, 1.165) is 0 Å². The van der Waals surface area contributed by atoms with Crippen molar-refractivity contribution < 1.29 is 8.39 Å². The van der Waals surface area contributed by atoms with Gasteiger partial charge in [-0.25, -0.2) is 9.59 Å². The Morgan fingerprint density at radius 2 is 1.57 bits per heavy atom. The number of rotatable bonds is 0. The zero-order chi connectivity index (χ0) is 5.28. The molecule has 7 heavy (non-hydrogen) atoms. The lowest BCUT2D eigenvalue weighted by atomic mass is 11.0. The molecule has 0 amide bonds. The van der Waals surface area contributed by atoms with Crippen LogP contribution in [0.4, 0.5) is 0 Å². The predicted octanol–water partition coefficient (Wildman–Crippen LogP) is -0.376. The lowest BCUT2D eigenvalue weighted by Gasteiger charge is -1.46. The summed E-state index contributed by atoms with van der Waals surface area (Å²) in [5.41, 5.74) is -1.78. The molecule has 0 spiro atoms. The summed E-state index contributed by atoms with van der Waals surface area (Å²) in [5, 5.41) is 0. The van der Waals surface area contributed by atoms with E-state index in [1.807, 2.05) is 0 Å². The summed E-state index contributed by atoms with van der Waals surface area (Å²) >= 11 is 0. The molecule has 0 aliphatic carbocycles. The van der Waals surface area contributed by atoms with Crippen LogP contribution in [0.3, 0.4) is 0 Å². The van der Waals surface area contributed by atoms with E-state index in [4.69, 9.17) is 0 Å². The highest BCUT2D eigenvalue weighted by Crippen LogP contribution is 1.88. The van der Waals surface area contributed by atoms with Gasteiger partial charge in [0.2, 0.25) is 8.67 Å². The number of hydrogen-bond acceptors (Lipinski definition) is 4. The summed E-state index contributed by atoms with van der Waals surface area (Å²) in [7, 11) is -0.430. The van der Waals surface area contributed by atoms with Crippen molar-refractivity contribution in [3.05, 3.63) is 20.8 Å². The van der Waals surface area contributed by atoms with Crippen LogP contribution in [0, 0.1) is 0 Å². The first-order chi connectivity index (χ1) is 3.30. The summed E-state index contributed by atoms with van der Waals surface area (Å²) < 4.78 is 8.16. The minimum Gasteiger partial charge on any atom is -0.379 e. The lowest BCUT2D eigenvalue weighted by molar-refractivity contribution is 0.632. The average Bonchev–Trinajstić information content (AvgIpc) is 1.91. The molecule has 5 heteroatoms. The van der Waals surface area contributed by atoms with Crippen LogP contribution in [-0.2, 0) is 0 Å².